The number of ether oxygens (including phenoxy) is 2. The summed E-state index contributed by atoms with van der Waals surface area (Å²) >= 11 is 0. The van der Waals surface area contributed by atoms with Crippen molar-refractivity contribution in [3.05, 3.63) is 95.1 Å². The van der Waals surface area contributed by atoms with Gasteiger partial charge in [0.25, 0.3) is 0 Å². The number of aryl methyl sites for hydroxylation is 2. The van der Waals surface area contributed by atoms with E-state index in [1.807, 2.05) is 36.4 Å². The summed E-state index contributed by atoms with van der Waals surface area (Å²) in [6.45, 7) is 5.39. The van der Waals surface area contributed by atoms with Crippen molar-refractivity contribution in [1.29, 1.82) is 0 Å². The molecule has 134 valence electrons. The van der Waals surface area contributed by atoms with Crippen LogP contribution in [0.4, 0.5) is 0 Å². The zero-order valence-electron chi connectivity index (χ0n) is 15.6. The van der Waals surface area contributed by atoms with E-state index >= 15 is 0 Å². The summed E-state index contributed by atoms with van der Waals surface area (Å²) < 4.78 is 11.9. The van der Waals surface area contributed by atoms with E-state index in [-0.39, 0.29) is 0 Å². The third kappa shape index (κ3) is 4.89. The molecule has 0 aliphatic heterocycles. The third-order valence-electron chi connectivity index (χ3n) is 4.57. The summed E-state index contributed by atoms with van der Waals surface area (Å²) in [5.74, 6) is 1.79. The molecule has 0 aliphatic rings. The number of rotatable bonds is 8. The van der Waals surface area contributed by atoms with Crippen LogP contribution in [-0.4, -0.2) is 0 Å². The maximum atomic E-state index is 5.96. The Labute approximate surface area is 156 Å². The van der Waals surface area contributed by atoms with Gasteiger partial charge < -0.3 is 9.47 Å². The molecule has 26 heavy (non-hydrogen) atoms. The van der Waals surface area contributed by atoms with E-state index in [0.29, 0.717) is 13.2 Å². The molecule has 0 spiro atoms. The van der Waals surface area contributed by atoms with Gasteiger partial charge in [-0.05, 0) is 59.4 Å². The van der Waals surface area contributed by atoms with E-state index in [1.165, 1.54) is 11.1 Å². The predicted octanol–water partition coefficient (Wildman–Crippen LogP) is 5.97. The Morgan fingerprint density at radius 2 is 0.923 bits per heavy atom. The molecular weight excluding hydrogens is 320 g/mol. The molecule has 0 heterocycles. The van der Waals surface area contributed by atoms with Crippen molar-refractivity contribution in [2.75, 3.05) is 0 Å². The Kier molecular flexibility index (Phi) is 6.32. The largest absolute Gasteiger partial charge is 0.489 e. The lowest BCUT2D eigenvalue weighted by Gasteiger charge is -2.13. The molecule has 2 heteroatoms. The van der Waals surface area contributed by atoms with E-state index in [4.69, 9.17) is 9.47 Å². The van der Waals surface area contributed by atoms with Gasteiger partial charge >= 0.3 is 0 Å². The summed E-state index contributed by atoms with van der Waals surface area (Å²) in [6, 6.07) is 24.9. The van der Waals surface area contributed by atoms with Gasteiger partial charge in [-0.25, -0.2) is 0 Å². The van der Waals surface area contributed by atoms with Crippen LogP contribution in [0.3, 0.4) is 0 Å². The van der Waals surface area contributed by atoms with Crippen LogP contribution in [0, 0.1) is 0 Å². The first-order chi connectivity index (χ1) is 12.8. The molecule has 0 N–H and O–H groups in total. The molecule has 0 amide bonds. The first-order valence-electron chi connectivity index (χ1n) is 9.28. The topological polar surface area (TPSA) is 18.5 Å². The van der Waals surface area contributed by atoms with Gasteiger partial charge in [0.2, 0.25) is 0 Å². The van der Waals surface area contributed by atoms with Crippen LogP contribution in [0.1, 0.15) is 36.1 Å². The van der Waals surface area contributed by atoms with Crippen molar-refractivity contribution < 1.29 is 9.47 Å². The molecule has 0 fully saturated rings. The molecule has 3 aromatic carbocycles. The van der Waals surface area contributed by atoms with E-state index in [2.05, 4.69) is 50.2 Å². The van der Waals surface area contributed by atoms with Crippen LogP contribution in [0.25, 0.3) is 0 Å². The molecule has 2 nitrogen and oxygen atoms in total. The van der Waals surface area contributed by atoms with Crippen LogP contribution in [0.15, 0.2) is 72.8 Å². The lowest BCUT2D eigenvalue weighted by Crippen LogP contribution is -2.03. The zero-order chi connectivity index (χ0) is 18.2. The Bertz CT molecular complexity index is 734. The minimum absolute atomic E-state index is 0.541. The average Bonchev–Trinajstić information content (AvgIpc) is 2.72. The van der Waals surface area contributed by atoms with Crippen LogP contribution in [0.5, 0.6) is 11.5 Å². The molecule has 3 rings (SSSR count). The van der Waals surface area contributed by atoms with Crippen molar-refractivity contribution in [3.63, 3.8) is 0 Å². The van der Waals surface area contributed by atoms with E-state index in [1.54, 1.807) is 0 Å². The normalized spacial score (nSPS) is 10.5. The van der Waals surface area contributed by atoms with Crippen molar-refractivity contribution in [1.82, 2.24) is 0 Å². The molecule has 0 bridgehead atoms. The highest BCUT2D eigenvalue weighted by Gasteiger charge is 2.05. The van der Waals surface area contributed by atoms with Gasteiger partial charge in [-0.3, -0.25) is 0 Å². The minimum Gasteiger partial charge on any atom is -0.489 e. The van der Waals surface area contributed by atoms with Crippen LogP contribution in [-0.2, 0) is 26.1 Å². The number of hydrogen-bond acceptors (Lipinski definition) is 2. The smallest absolute Gasteiger partial charge is 0.119 e. The van der Waals surface area contributed by atoms with Gasteiger partial charge in [-0.2, -0.15) is 0 Å². The van der Waals surface area contributed by atoms with Gasteiger partial charge in [-0.1, -0.05) is 62.4 Å². The number of benzene rings is 3. The third-order valence-corrected chi connectivity index (χ3v) is 4.57. The van der Waals surface area contributed by atoms with Gasteiger partial charge in [0.05, 0.1) is 0 Å². The van der Waals surface area contributed by atoms with Crippen molar-refractivity contribution >= 4 is 0 Å². The summed E-state index contributed by atoms with van der Waals surface area (Å²) in [7, 11) is 0. The maximum absolute atomic E-state index is 5.96. The fourth-order valence-corrected chi connectivity index (χ4v) is 2.80. The van der Waals surface area contributed by atoms with E-state index in [0.717, 1.165) is 35.5 Å². The second kappa shape index (κ2) is 9.10. The quantitative estimate of drug-likeness (QED) is 0.500. The van der Waals surface area contributed by atoms with Crippen LogP contribution < -0.4 is 9.47 Å². The standard InChI is InChI=1S/C24H26O2/c1-3-19-9-13-23(14-10-19)25-17-21-7-5-6-8-22(21)18-26-24-15-11-20(4-2)12-16-24/h5-16H,3-4,17-18H2,1-2H3. The Balaban J connectivity index is 1.61. The highest BCUT2D eigenvalue weighted by atomic mass is 16.5. The van der Waals surface area contributed by atoms with Crippen LogP contribution >= 0.6 is 0 Å². The van der Waals surface area contributed by atoms with E-state index in [9.17, 15) is 0 Å². The minimum atomic E-state index is 0.541. The number of hydrogen-bond donors (Lipinski definition) is 0. The summed E-state index contributed by atoms with van der Waals surface area (Å²) in [5, 5.41) is 0. The fourth-order valence-electron chi connectivity index (χ4n) is 2.80. The fraction of sp³-hybridized carbons (Fsp3) is 0.250. The van der Waals surface area contributed by atoms with Crippen molar-refractivity contribution in [2.24, 2.45) is 0 Å². The average molecular weight is 346 g/mol. The van der Waals surface area contributed by atoms with Gasteiger partial charge in [0, 0.05) is 0 Å². The predicted molar refractivity (Wildman–Crippen MR) is 107 cm³/mol. The van der Waals surface area contributed by atoms with Gasteiger partial charge in [0.1, 0.15) is 24.7 Å². The Hall–Kier alpha value is -2.74. The van der Waals surface area contributed by atoms with E-state index < -0.39 is 0 Å². The maximum Gasteiger partial charge on any atom is 0.119 e. The summed E-state index contributed by atoms with van der Waals surface area (Å²) in [6.07, 6.45) is 2.08. The zero-order valence-corrected chi connectivity index (χ0v) is 15.6. The molecule has 0 saturated heterocycles. The molecule has 0 unspecified atom stereocenters. The SMILES string of the molecule is CCc1ccc(OCc2ccccc2COc2ccc(CC)cc2)cc1. The molecule has 0 aromatic heterocycles. The molecule has 0 radical (unpaired) electrons. The summed E-state index contributed by atoms with van der Waals surface area (Å²) in [5.41, 5.74) is 4.94. The molecular formula is C24H26O2. The van der Waals surface area contributed by atoms with Crippen LogP contribution in [0.2, 0.25) is 0 Å². The van der Waals surface area contributed by atoms with Gasteiger partial charge in [0.15, 0.2) is 0 Å². The summed E-state index contributed by atoms with van der Waals surface area (Å²) in [4.78, 5) is 0. The van der Waals surface area contributed by atoms with Crippen molar-refractivity contribution in [3.8, 4) is 11.5 Å². The lowest BCUT2D eigenvalue weighted by atomic mass is 10.1. The van der Waals surface area contributed by atoms with Crippen molar-refractivity contribution in [2.45, 2.75) is 39.9 Å². The Morgan fingerprint density at radius 3 is 1.27 bits per heavy atom. The Morgan fingerprint density at radius 1 is 0.538 bits per heavy atom. The highest BCUT2D eigenvalue weighted by molar-refractivity contribution is 5.31. The molecule has 0 saturated carbocycles. The first-order valence-corrected chi connectivity index (χ1v) is 9.28. The molecule has 0 aliphatic carbocycles. The first kappa shape index (κ1) is 18.1. The monoisotopic (exact) mass is 346 g/mol. The highest BCUT2D eigenvalue weighted by Crippen LogP contribution is 2.19. The second-order valence-corrected chi connectivity index (χ2v) is 6.34. The van der Waals surface area contributed by atoms with Gasteiger partial charge in [-0.15, -0.1) is 0 Å². The lowest BCUT2D eigenvalue weighted by molar-refractivity contribution is 0.285. The molecule has 0 atom stereocenters. The second-order valence-electron chi connectivity index (χ2n) is 6.34. The molecule has 3 aromatic rings.